The van der Waals surface area contributed by atoms with Crippen LogP contribution in [0.3, 0.4) is 0 Å². The molecule has 148 valence electrons. The van der Waals surface area contributed by atoms with Gasteiger partial charge in [0, 0.05) is 31.2 Å². The van der Waals surface area contributed by atoms with Crippen LogP contribution in [0.15, 0.2) is 42.6 Å². The number of pyridine rings is 1. The smallest absolute Gasteiger partial charge is 0.340 e. The van der Waals surface area contributed by atoms with Gasteiger partial charge in [0.25, 0.3) is 0 Å². The highest BCUT2D eigenvalue weighted by Crippen LogP contribution is 2.29. The molecule has 5 heteroatoms. The second-order valence-corrected chi connectivity index (χ2v) is 7.97. The summed E-state index contributed by atoms with van der Waals surface area (Å²) in [5.41, 5.74) is 3.41. The third-order valence-corrected chi connectivity index (χ3v) is 5.73. The Labute approximate surface area is 172 Å². The van der Waals surface area contributed by atoms with Crippen molar-refractivity contribution in [2.24, 2.45) is 5.92 Å². The zero-order valence-electron chi connectivity index (χ0n) is 17.1. The van der Waals surface area contributed by atoms with Gasteiger partial charge < -0.3 is 14.0 Å². The Balaban J connectivity index is 1.97. The third kappa shape index (κ3) is 4.04. The number of ether oxygens (including phenoxy) is 1. The molecule has 0 saturated carbocycles. The lowest BCUT2D eigenvalue weighted by molar-refractivity contribution is 0.0488. The van der Waals surface area contributed by atoms with Gasteiger partial charge in [-0.05, 0) is 30.5 Å². The molecule has 0 aliphatic carbocycles. The third-order valence-electron chi connectivity index (χ3n) is 5.13. The predicted molar refractivity (Wildman–Crippen MR) is 119 cm³/mol. The fraction of sp³-hybridized carbons (Fsp3) is 0.391. The molecular weight excluding hydrogens is 368 g/mol. The summed E-state index contributed by atoms with van der Waals surface area (Å²) in [6.07, 6.45) is 5.18. The first-order valence-corrected chi connectivity index (χ1v) is 10.3. The molecule has 0 N–H and O–H groups in total. The number of carbonyl (C=O) groups is 1. The fourth-order valence-corrected chi connectivity index (χ4v) is 3.73. The standard InChI is InChI=1S/C23H28N2O2S/c1-5-8-16(2)12-14-27-23(26)21-18-11-10-17(22(28)24(3)4)15-20(18)25-13-7-6-9-19(21)25/h6-7,9-11,13,15-16H,5,8,12,14H2,1-4H3. The van der Waals surface area contributed by atoms with Crippen molar-refractivity contribution in [2.75, 3.05) is 20.7 Å². The van der Waals surface area contributed by atoms with E-state index in [9.17, 15) is 4.79 Å². The van der Waals surface area contributed by atoms with E-state index in [2.05, 4.69) is 13.8 Å². The molecule has 3 rings (SSSR count). The molecule has 3 aromatic rings. The van der Waals surface area contributed by atoms with Crippen LogP contribution < -0.4 is 0 Å². The van der Waals surface area contributed by atoms with Crippen LogP contribution in [0.25, 0.3) is 16.4 Å². The Kier molecular flexibility index (Phi) is 6.35. The molecule has 0 radical (unpaired) electrons. The van der Waals surface area contributed by atoms with Crippen LogP contribution in [0.5, 0.6) is 0 Å². The second-order valence-electron chi connectivity index (χ2n) is 7.58. The van der Waals surface area contributed by atoms with Gasteiger partial charge >= 0.3 is 5.97 Å². The Bertz CT molecular complexity index is 1010. The van der Waals surface area contributed by atoms with Crippen molar-refractivity contribution in [3.05, 3.63) is 53.7 Å². The van der Waals surface area contributed by atoms with Crippen molar-refractivity contribution in [2.45, 2.75) is 33.1 Å². The average Bonchev–Trinajstić information content (AvgIpc) is 3.01. The van der Waals surface area contributed by atoms with E-state index in [1.807, 2.05) is 66.0 Å². The minimum Gasteiger partial charge on any atom is -0.462 e. The number of aromatic nitrogens is 1. The maximum absolute atomic E-state index is 12.9. The van der Waals surface area contributed by atoms with Gasteiger partial charge in [0.05, 0.1) is 23.2 Å². The molecule has 0 amide bonds. The van der Waals surface area contributed by atoms with Gasteiger partial charge in [-0.2, -0.15) is 0 Å². The Morgan fingerprint density at radius 1 is 1.18 bits per heavy atom. The number of esters is 1. The van der Waals surface area contributed by atoms with Crippen LogP contribution in [0.4, 0.5) is 0 Å². The molecule has 0 aliphatic rings. The summed E-state index contributed by atoms with van der Waals surface area (Å²) in [7, 11) is 3.87. The first-order valence-electron chi connectivity index (χ1n) is 9.85. The van der Waals surface area contributed by atoms with E-state index in [-0.39, 0.29) is 5.97 Å². The molecular formula is C23H28N2O2S. The maximum atomic E-state index is 12.9. The lowest BCUT2D eigenvalue weighted by Gasteiger charge is -2.13. The second kappa shape index (κ2) is 8.74. The van der Waals surface area contributed by atoms with E-state index < -0.39 is 0 Å². The van der Waals surface area contributed by atoms with E-state index >= 15 is 0 Å². The molecule has 0 fully saturated rings. The summed E-state index contributed by atoms with van der Waals surface area (Å²) < 4.78 is 7.68. The highest BCUT2D eigenvalue weighted by atomic mass is 32.1. The van der Waals surface area contributed by atoms with Gasteiger partial charge in [-0.3, -0.25) is 0 Å². The van der Waals surface area contributed by atoms with Crippen LogP contribution in [0.1, 0.15) is 49.0 Å². The van der Waals surface area contributed by atoms with E-state index in [1.54, 1.807) is 0 Å². The molecule has 1 atom stereocenters. The summed E-state index contributed by atoms with van der Waals surface area (Å²) in [4.78, 5) is 15.6. The Morgan fingerprint density at radius 2 is 1.96 bits per heavy atom. The molecule has 0 aliphatic heterocycles. The SMILES string of the molecule is CCCC(C)CCOC(=O)c1c2ccc(C(=S)N(C)C)cc2n2ccccc12. The van der Waals surface area contributed by atoms with E-state index in [4.69, 9.17) is 17.0 Å². The average molecular weight is 397 g/mol. The molecule has 0 saturated heterocycles. The first kappa shape index (κ1) is 20.3. The van der Waals surface area contributed by atoms with Crippen LogP contribution in [0, 0.1) is 5.92 Å². The van der Waals surface area contributed by atoms with Crippen molar-refractivity contribution >= 4 is 39.6 Å². The van der Waals surface area contributed by atoms with Gasteiger partial charge in [-0.25, -0.2) is 4.79 Å². The van der Waals surface area contributed by atoms with Crippen molar-refractivity contribution in [3.8, 4) is 0 Å². The highest BCUT2D eigenvalue weighted by Gasteiger charge is 2.20. The van der Waals surface area contributed by atoms with Crippen LogP contribution in [-0.4, -0.2) is 41.0 Å². The predicted octanol–water partition coefficient (Wildman–Crippen LogP) is 5.31. The number of hydrogen-bond donors (Lipinski definition) is 0. The van der Waals surface area contributed by atoms with E-state index in [0.29, 0.717) is 18.1 Å². The normalized spacial score (nSPS) is 12.3. The molecule has 2 aromatic heterocycles. The minimum absolute atomic E-state index is 0.259. The van der Waals surface area contributed by atoms with Crippen molar-refractivity contribution in [1.82, 2.24) is 9.30 Å². The fourth-order valence-electron chi connectivity index (χ4n) is 3.61. The first-order chi connectivity index (χ1) is 13.4. The zero-order valence-corrected chi connectivity index (χ0v) is 17.9. The van der Waals surface area contributed by atoms with Crippen molar-refractivity contribution in [3.63, 3.8) is 0 Å². The number of fused-ring (bicyclic) bond motifs is 3. The van der Waals surface area contributed by atoms with Gasteiger partial charge in [0.15, 0.2) is 0 Å². The van der Waals surface area contributed by atoms with Crippen LogP contribution in [-0.2, 0) is 4.74 Å². The molecule has 2 heterocycles. The number of nitrogens with zero attached hydrogens (tertiary/aromatic N) is 2. The van der Waals surface area contributed by atoms with E-state index in [0.717, 1.165) is 46.2 Å². The van der Waals surface area contributed by atoms with Gasteiger partial charge in [-0.15, -0.1) is 0 Å². The topological polar surface area (TPSA) is 34.0 Å². The molecule has 0 bridgehead atoms. The molecule has 0 spiro atoms. The lowest BCUT2D eigenvalue weighted by atomic mass is 10.0. The molecule has 28 heavy (non-hydrogen) atoms. The number of hydrogen-bond acceptors (Lipinski definition) is 3. The van der Waals surface area contributed by atoms with Crippen molar-refractivity contribution in [1.29, 1.82) is 0 Å². The Hall–Kier alpha value is -2.40. The molecule has 1 unspecified atom stereocenters. The number of carbonyl (C=O) groups excluding carboxylic acids is 1. The minimum atomic E-state index is -0.259. The number of thiocarbonyl (C=S) groups is 1. The van der Waals surface area contributed by atoms with Gasteiger partial charge in [-0.1, -0.05) is 57.1 Å². The summed E-state index contributed by atoms with van der Waals surface area (Å²) in [5, 5.41) is 0.892. The highest BCUT2D eigenvalue weighted by molar-refractivity contribution is 7.80. The van der Waals surface area contributed by atoms with Crippen LogP contribution >= 0.6 is 12.2 Å². The zero-order chi connectivity index (χ0) is 20.3. The number of rotatable bonds is 7. The largest absolute Gasteiger partial charge is 0.462 e. The van der Waals surface area contributed by atoms with Gasteiger partial charge in [0.2, 0.25) is 0 Å². The summed E-state index contributed by atoms with van der Waals surface area (Å²) in [6, 6.07) is 11.9. The monoisotopic (exact) mass is 396 g/mol. The summed E-state index contributed by atoms with van der Waals surface area (Å²) in [6.45, 7) is 4.84. The summed E-state index contributed by atoms with van der Waals surface area (Å²) >= 11 is 5.52. The molecule has 4 nitrogen and oxygen atoms in total. The van der Waals surface area contributed by atoms with Gasteiger partial charge in [0.1, 0.15) is 4.99 Å². The number of benzene rings is 1. The van der Waals surface area contributed by atoms with Crippen molar-refractivity contribution < 1.29 is 9.53 Å². The summed E-state index contributed by atoms with van der Waals surface area (Å²) in [5.74, 6) is 0.306. The maximum Gasteiger partial charge on any atom is 0.340 e. The quantitative estimate of drug-likeness (QED) is 0.400. The Morgan fingerprint density at radius 3 is 2.68 bits per heavy atom. The van der Waals surface area contributed by atoms with Crippen LogP contribution in [0.2, 0.25) is 0 Å². The van der Waals surface area contributed by atoms with E-state index in [1.165, 1.54) is 0 Å². The lowest BCUT2D eigenvalue weighted by Crippen LogP contribution is -2.20. The molecule has 1 aromatic carbocycles.